The van der Waals surface area contributed by atoms with Crippen molar-refractivity contribution in [2.24, 2.45) is 0 Å². The minimum Gasteiger partial charge on any atom is -0.494 e. The van der Waals surface area contributed by atoms with E-state index in [1.165, 1.54) is 16.7 Å². The predicted molar refractivity (Wildman–Crippen MR) is 100 cm³/mol. The quantitative estimate of drug-likeness (QED) is 0.344. The summed E-state index contributed by atoms with van der Waals surface area (Å²) in [4.78, 5) is 0. The molecule has 0 unspecified atom stereocenters. The molecule has 0 radical (unpaired) electrons. The summed E-state index contributed by atoms with van der Waals surface area (Å²) in [6, 6.07) is 16.8. The molecule has 0 spiro atoms. The Morgan fingerprint density at radius 2 is 1.38 bits per heavy atom. The van der Waals surface area contributed by atoms with Crippen LogP contribution in [0, 0.1) is 0 Å². The first kappa shape index (κ1) is 18.3. The number of unbranched alkanes of at least 4 members (excludes halogenated alkanes) is 4. The minimum atomic E-state index is -0.195. The summed E-state index contributed by atoms with van der Waals surface area (Å²) in [5.41, 5.74) is 3.68. The second kappa shape index (κ2) is 10.6. The molecule has 24 heavy (non-hydrogen) atoms. The van der Waals surface area contributed by atoms with Gasteiger partial charge in [-0.25, -0.2) is 0 Å². The van der Waals surface area contributed by atoms with E-state index in [4.69, 9.17) is 4.74 Å². The van der Waals surface area contributed by atoms with Crippen molar-refractivity contribution < 1.29 is 9.13 Å². The van der Waals surface area contributed by atoms with Gasteiger partial charge in [-0.3, -0.25) is 4.39 Å². The molecule has 2 aromatic rings. The number of benzene rings is 2. The number of hydrogen-bond acceptors (Lipinski definition) is 1. The molecule has 0 aliphatic carbocycles. The Kier molecular flexibility index (Phi) is 8.09. The van der Waals surface area contributed by atoms with Gasteiger partial charge < -0.3 is 4.74 Å². The summed E-state index contributed by atoms with van der Waals surface area (Å²) in [6.45, 7) is 4.30. The van der Waals surface area contributed by atoms with Crippen molar-refractivity contribution in [3.8, 4) is 16.9 Å². The van der Waals surface area contributed by atoms with Gasteiger partial charge in [0.05, 0.1) is 13.3 Å². The van der Waals surface area contributed by atoms with Crippen LogP contribution in [-0.2, 0) is 6.42 Å². The van der Waals surface area contributed by atoms with Gasteiger partial charge >= 0.3 is 0 Å². The molecule has 1 nitrogen and oxygen atoms in total. The van der Waals surface area contributed by atoms with Crippen molar-refractivity contribution >= 4 is 0 Å². The Hall–Kier alpha value is -2.09. The van der Waals surface area contributed by atoms with E-state index >= 15 is 0 Å². The van der Waals surface area contributed by atoms with Gasteiger partial charge in [0.2, 0.25) is 0 Å². The van der Waals surface area contributed by atoms with Crippen molar-refractivity contribution in [1.29, 1.82) is 0 Å². The van der Waals surface area contributed by atoms with Crippen LogP contribution in [-0.4, -0.2) is 13.3 Å². The predicted octanol–water partition coefficient (Wildman–Crippen LogP) is 6.38. The molecule has 0 aliphatic heterocycles. The molecule has 0 atom stereocenters. The zero-order valence-corrected chi connectivity index (χ0v) is 14.3. The van der Waals surface area contributed by atoms with E-state index in [-0.39, 0.29) is 6.67 Å². The van der Waals surface area contributed by atoms with E-state index in [1.54, 1.807) is 0 Å². The lowest BCUT2D eigenvalue weighted by molar-refractivity contribution is 0.304. The molecule has 2 aromatic carbocycles. The fraction of sp³-hybridized carbons (Fsp3) is 0.364. The Morgan fingerprint density at radius 3 is 2.00 bits per heavy atom. The molecule has 0 bridgehead atoms. The molecule has 0 amide bonds. The Labute approximate surface area is 145 Å². The second-order valence-corrected chi connectivity index (χ2v) is 6.02. The average Bonchev–Trinajstić information content (AvgIpc) is 2.62. The molecule has 0 N–H and O–H groups in total. The number of hydrogen-bond donors (Lipinski definition) is 0. The van der Waals surface area contributed by atoms with Crippen LogP contribution < -0.4 is 4.74 Å². The van der Waals surface area contributed by atoms with Gasteiger partial charge in [0.25, 0.3) is 0 Å². The van der Waals surface area contributed by atoms with E-state index in [1.807, 2.05) is 18.2 Å². The molecule has 0 saturated heterocycles. The van der Waals surface area contributed by atoms with E-state index in [2.05, 4.69) is 43.0 Å². The number of ether oxygens (including phenoxy) is 1. The minimum absolute atomic E-state index is 0.195. The van der Waals surface area contributed by atoms with Crippen LogP contribution in [0.15, 0.2) is 61.2 Å². The smallest absolute Gasteiger partial charge is 0.119 e. The highest BCUT2D eigenvalue weighted by Gasteiger charge is 2.00. The van der Waals surface area contributed by atoms with Crippen LogP contribution in [0.1, 0.15) is 37.7 Å². The second-order valence-electron chi connectivity index (χ2n) is 6.02. The lowest BCUT2D eigenvalue weighted by atomic mass is 10.0. The van der Waals surface area contributed by atoms with Crippen LogP contribution in [0.2, 0.25) is 0 Å². The number of allylic oxidation sites excluding steroid dienone is 1. The number of alkyl halides is 1. The summed E-state index contributed by atoms with van der Waals surface area (Å²) in [6.07, 6.45) is 7.72. The fourth-order valence-electron chi connectivity index (χ4n) is 2.66. The topological polar surface area (TPSA) is 9.23 Å². The van der Waals surface area contributed by atoms with Crippen molar-refractivity contribution in [3.63, 3.8) is 0 Å². The normalized spacial score (nSPS) is 10.5. The first-order valence-corrected chi connectivity index (χ1v) is 8.82. The lowest BCUT2D eigenvalue weighted by Crippen LogP contribution is -1.97. The van der Waals surface area contributed by atoms with Gasteiger partial charge in [-0.05, 0) is 48.1 Å². The third-order valence-electron chi connectivity index (χ3n) is 4.07. The first-order chi connectivity index (χ1) is 11.8. The average molecular weight is 326 g/mol. The van der Waals surface area contributed by atoms with Gasteiger partial charge in [-0.1, -0.05) is 61.7 Å². The monoisotopic (exact) mass is 326 g/mol. The SMILES string of the molecule is C=CCc1ccc(-c2ccc(OCCCCCCCF)cc2)cc1. The van der Waals surface area contributed by atoms with E-state index < -0.39 is 0 Å². The molecular weight excluding hydrogens is 299 g/mol. The van der Waals surface area contributed by atoms with Gasteiger partial charge in [0.1, 0.15) is 5.75 Å². The van der Waals surface area contributed by atoms with Gasteiger partial charge in [0, 0.05) is 0 Å². The third-order valence-corrected chi connectivity index (χ3v) is 4.07. The standard InChI is InChI=1S/C22H27FO/c1-2-8-19-9-11-20(12-10-19)21-13-15-22(16-14-21)24-18-7-5-3-4-6-17-23/h2,9-16H,1,3-8,17-18H2. The van der Waals surface area contributed by atoms with Crippen molar-refractivity contribution in [2.75, 3.05) is 13.3 Å². The molecule has 0 fully saturated rings. The maximum Gasteiger partial charge on any atom is 0.119 e. The summed E-state index contributed by atoms with van der Waals surface area (Å²) in [5, 5.41) is 0. The maximum absolute atomic E-state index is 12.0. The van der Waals surface area contributed by atoms with Crippen LogP contribution in [0.4, 0.5) is 4.39 Å². The lowest BCUT2D eigenvalue weighted by Gasteiger charge is -2.08. The number of rotatable bonds is 11. The highest BCUT2D eigenvalue weighted by atomic mass is 19.1. The summed E-state index contributed by atoms with van der Waals surface area (Å²) in [5.74, 6) is 0.908. The van der Waals surface area contributed by atoms with Crippen LogP contribution in [0.5, 0.6) is 5.75 Å². The van der Waals surface area contributed by atoms with Gasteiger partial charge in [-0.2, -0.15) is 0 Å². The van der Waals surface area contributed by atoms with Crippen LogP contribution in [0.25, 0.3) is 11.1 Å². The Bertz CT molecular complexity index is 586. The Balaban J connectivity index is 1.77. The number of halogens is 1. The van der Waals surface area contributed by atoms with E-state index in [0.29, 0.717) is 6.42 Å². The zero-order valence-electron chi connectivity index (χ0n) is 14.3. The first-order valence-electron chi connectivity index (χ1n) is 8.82. The van der Waals surface area contributed by atoms with Gasteiger partial charge in [0.15, 0.2) is 0 Å². The van der Waals surface area contributed by atoms with Crippen LogP contribution >= 0.6 is 0 Å². The highest BCUT2D eigenvalue weighted by Crippen LogP contribution is 2.23. The summed E-state index contributed by atoms with van der Waals surface area (Å²) < 4.78 is 17.7. The molecule has 0 saturated carbocycles. The maximum atomic E-state index is 12.0. The third kappa shape index (κ3) is 6.19. The fourth-order valence-corrected chi connectivity index (χ4v) is 2.66. The van der Waals surface area contributed by atoms with Crippen molar-refractivity contribution in [2.45, 2.75) is 38.5 Å². The zero-order chi connectivity index (χ0) is 17.0. The molecular formula is C22H27FO. The van der Waals surface area contributed by atoms with Crippen molar-refractivity contribution in [1.82, 2.24) is 0 Å². The molecule has 0 aliphatic rings. The molecule has 128 valence electrons. The Morgan fingerprint density at radius 1 is 0.792 bits per heavy atom. The summed E-state index contributed by atoms with van der Waals surface area (Å²) in [7, 11) is 0. The van der Waals surface area contributed by atoms with Gasteiger partial charge in [-0.15, -0.1) is 6.58 Å². The van der Waals surface area contributed by atoms with Crippen LogP contribution in [0.3, 0.4) is 0 Å². The van der Waals surface area contributed by atoms with E-state index in [0.717, 1.165) is 44.5 Å². The summed E-state index contributed by atoms with van der Waals surface area (Å²) >= 11 is 0. The molecule has 2 rings (SSSR count). The largest absolute Gasteiger partial charge is 0.494 e. The van der Waals surface area contributed by atoms with E-state index in [9.17, 15) is 4.39 Å². The molecule has 0 aromatic heterocycles. The molecule has 2 heteroatoms. The molecule has 0 heterocycles. The highest BCUT2D eigenvalue weighted by molar-refractivity contribution is 5.64. The van der Waals surface area contributed by atoms with Crippen molar-refractivity contribution in [3.05, 3.63) is 66.7 Å².